The second kappa shape index (κ2) is 8.67. The van der Waals surface area contributed by atoms with Gasteiger partial charge in [-0.2, -0.15) is 0 Å². The van der Waals surface area contributed by atoms with Crippen molar-refractivity contribution >= 4 is 17.6 Å². The zero-order chi connectivity index (χ0) is 19.1. The summed E-state index contributed by atoms with van der Waals surface area (Å²) in [4.78, 5) is 25.8. The molecule has 0 radical (unpaired) electrons. The fraction of sp³-hybridized carbons (Fsp3) is 0.0909. The third-order valence-electron chi connectivity index (χ3n) is 4.00. The van der Waals surface area contributed by atoms with Gasteiger partial charge in [-0.05, 0) is 23.8 Å². The zero-order valence-corrected chi connectivity index (χ0v) is 14.6. The number of benzene rings is 3. The van der Waals surface area contributed by atoms with Crippen LogP contribution in [0.25, 0.3) is 0 Å². The van der Waals surface area contributed by atoms with Crippen molar-refractivity contribution in [1.82, 2.24) is 0 Å². The Morgan fingerprint density at radius 3 is 2.07 bits per heavy atom. The highest BCUT2D eigenvalue weighted by Crippen LogP contribution is 2.23. The number of nitrogens with zero attached hydrogens (tertiary/aromatic N) is 1. The molecule has 1 amide bonds. The van der Waals surface area contributed by atoms with Gasteiger partial charge in [0, 0.05) is 5.56 Å². The smallest absolute Gasteiger partial charge is 0.265 e. The lowest BCUT2D eigenvalue weighted by Gasteiger charge is -2.26. The minimum atomic E-state index is -1.33. The Labute approximate surface area is 157 Å². The van der Waals surface area contributed by atoms with Crippen molar-refractivity contribution in [3.63, 3.8) is 0 Å². The number of rotatable bonds is 7. The summed E-state index contributed by atoms with van der Waals surface area (Å²) in [6, 6.07) is 24.6. The number of ether oxygens (including phenoxy) is 1. The molecule has 0 saturated carbocycles. The molecule has 0 aromatic heterocycles. The molecule has 0 aliphatic rings. The molecule has 27 heavy (non-hydrogen) atoms. The van der Waals surface area contributed by atoms with Crippen LogP contribution in [0.4, 0.5) is 5.69 Å². The van der Waals surface area contributed by atoms with Crippen LogP contribution in [-0.2, 0) is 11.3 Å². The number of aromatic carboxylic acids is 1. The first-order chi connectivity index (χ1) is 13.1. The van der Waals surface area contributed by atoms with Gasteiger partial charge in [0.15, 0.2) is 6.61 Å². The minimum absolute atomic E-state index is 0.0403. The molecule has 5 nitrogen and oxygen atoms in total. The third-order valence-corrected chi connectivity index (χ3v) is 4.00. The van der Waals surface area contributed by atoms with E-state index in [1.54, 1.807) is 30.3 Å². The summed E-state index contributed by atoms with van der Waals surface area (Å²) in [5.41, 5.74) is 1.11. The highest BCUT2D eigenvalue weighted by molar-refractivity contribution is 6.01. The topological polar surface area (TPSA) is 69.7 Å². The lowest BCUT2D eigenvalue weighted by Crippen LogP contribution is -2.36. The largest absolute Gasteiger partial charge is 0.545 e. The van der Waals surface area contributed by atoms with E-state index in [9.17, 15) is 14.7 Å². The first kappa shape index (κ1) is 18.2. The Bertz CT molecular complexity index is 910. The van der Waals surface area contributed by atoms with Crippen molar-refractivity contribution in [3.8, 4) is 5.75 Å². The normalized spacial score (nSPS) is 10.2. The van der Waals surface area contributed by atoms with Crippen molar-refractivity contribution in [2.45, 2.75) is 6.54 Å². The van der Waals surface area contributed by atoms with Gasteiger partial charge >= 0.3 is 0 Å². The van der Waals surface area contributed by atoms with Crippen LogP contribution in [0.3, 0.4) is 0 Å². The van der Waals surface area contributed by atoms with Crippen LogP contribution in [0, 0.1) is 0 Å². The summed E-state index contributed by atoms with van der Waals surface area (Å²) in [6.45, 7) is 0.0142. The van der Waals surface area contributed by atoms with Gasteiger partial charge in [0.05, 0.1) is 18.2 Å². The predicted octanol–water partition coefficient (Wildman–Crippen LogP) is 2.66. The molecule has 0 saturated heterocycles. The van der Waals surface area contributed by atoms with E-state index >= 15 is 0 Å². The van der Waals surface area contributed by atoms with Crippen LogP contribution < -0.4 is 14.7 Å². The van der Waals surface area contributed by atoms with Crippen LogP contribution in [0.15, 0.2) is 84.9 Å². The molecule has 0 N–H and O–H groups in total. The summed E-state index contributed by atoms with van der Waals surface area (Å²) in [7, 11) is 0. The van der Waals surface area contributed by atoms with Crippen molar-refractivity contribution in [1.29, 1.82) is 0 Å². The van der Waals surface area contributed by atoms with Gasteiger partial charge in [-0.3, -0.25) is 4.79 Å². The fourth-order valence-corrected chi connectivity index (χ4v) is 2.70. The second-order valence-electron chi connectivity index (χ2n) is 5.87. The SMILES string of the molecule is O=C([O-])c1ccccc1N(Cc1ccccc1)C(=O)COc1ccccc1. The number of hydrogen-bond donors (Lipinski definition) is 0. The first-order valence-corrected chi connectivity index (χ1v) is 8.47. The van der Waals surface area contributed by atoms with Gasteiger partial charge in [-0.25, -0.2) is 0 Å². The average molecular weight is 360 g/mol. The number of carboxylic acid groups (broad SMARTS) is 1. The van der Waals surface area contributed by atoms with Crippen molar-refractivity contribution in [2.24, 2.45) is 0 Å². The number of anilines is 1. The molecule has 3 aromatic carbocycles. The maximum atomic E-state index is 12.9. The number of carbonyl (C=O) groups is 2. The monoisotopic (exact) mass is 360 g/mol. The molecule has 3 rings (SSSR count). The molecule has 0 aliphatic heterocycles. The highest BCUT2D eigenvalue weighted by Gasteiger charge is 2.20. The Morgan fingerprint density at radius 2 is 1.41 bits per heavy atom. The average Bonchev–Trinajstić information content (AvgIpc) is 2.72. The molecule has 0 heterocycles. The standard InChI is InChI=1S/C22H19NO4/c24-21(16-27-18-11-5-2-6-12-18)23(15-17-9-3-1-4-10-17)20-14-8-7-13-19(20)22(25)26/h1-14H,15-16H2,(H,25,26)/p-1. The Hall–Kier alpha value is -3.60. The molecular weight excluding hydrogens is 342 g/mol. The summed E-state index contributed by atoms with van der Waals surface area (Å²) in [5.74, 6) is -1.12. The van der Waals surface area contributed by atoms with Crippen LogP contribution in [0.5, 0.6) is 5.75 Å². The molecule has 0 spiro atoms. The van der Waals surface area contributed by atoms with Gasteiger partial charge in [-0.15, -0.1) is 0 Å². The van der Waals surface area contributed by atoms with Crippen LogP contribution in [0.1, 0.15) is 15.9 Å². The number of amides is 1. The number of carboxylic acids is 1. The van der Waals surface area contributed by atoms with E-state index in [1.807, 2.05) is 48.5 Å². The van der Waals surface area contributed by atoms with E-state index in [4.69, 9.17) is 4.74 Å². The number of para-hydroxylation sites is 2. The number of carbonyl (C=O) groups excluding carboxylic acids is 2. The summed E-state index contributed by atoms with van der Waals surface area (Å²) < 4.78 is 5.55. The van der Waals surface area contributed by atoms with Gasteiger partial charge in [0.1, 0.15) is 5.75 Å². The van der Waals surface area contributed by atoms with E-state index in [2.05, 4.69) is 0 Å². The van der Waals surface area contributed by atoms with Gasteiger partial charge in [0.2, 0.25) is 0 Å². The van der Waals surface area contributed by atoms with E-state index in [0.29, 0.717) is 5.75 Å². The molecule has 5 heteroatoms. The van der Waals surface area contributed by atoms with Gasteiger partial charge < -0.3 is 19.5 Å². The number of hydrogen-bond acceptors (Lipinski definition) is 4. The lowest BCUT2D eigenvalue weighted by atomic mass is 10.1. The van der Waals surface area contributed by atoms with Crippen molar-refractivity contribution < 1.29 is 19.4 Å². The van der Waals surface area contributed by atoms with Crippen LogP contribution in [0.2, 0.25) is 0 Å². The zero-order valence-electron chi connectivity index (χ0n) is 14.6. The molecular formula is C22H18NO4-. The molecule has 136 valence electrons. The third kappa shape index (κ3) is 4.73. The molecule has 0 bridgehead atoms. The van der Waals surface area contributed by atoms with Crippen molar-refractivity contribution in [2.75, 3.05) is 11.5 Å². The summed E-state index contributed by atoms with van der Waals surface area (Å²) in [6.07, 6.45) is 0. The predicted molar refractivity (Wildman–Crippen MR) is 100 cm³/mol. The van der Waals surface area contributed by atoms with E-state index in [-0.39, 0.29) is 30.3 Å². The fourth-order valence-electron chi connectivity index (χ4n) is 2.70. The molecule has 0 unspecified atom stereocenters. The molecule has 0 aliphatic carbocycles. The molecule has 0 atom stereocenters. The van der Waals surface area contributed by atoms with Crippen molar-refractivity contribution in [3.05, 3.63) is 96.1 Å². The molecule has 0 fully saturated rings. The lowest BCUT2D eigenvalue weighted by molar-refractivity contribution is -0.254. The van der Waals surface area contributed by atoms with Gasteiger partial charge in [-0.1, -0.05) is 66.7 Å². The highest BCUT2D eigenvalue weighted by atomic mass is 16.5. The summed E-state index contributed by atoms with van der Waals surface area (Å²) >= 11 is 0. The van der Waals surface area contributed by atoms with E-state index in [0.717, 1.165) is 5.56 Å². The Morgan fingerprint density at radius 1 is 0.815 bits per heavy atom. The quantitative estimate of drug-likeness (QED) is 0.650. The van der Waals surface area contributed by atoms with E-state index < -0.39 is 5.97 Å². The Kier molecular flexibility index (Phi) is 5.84. The second-order valence-corrected chi connectivity index (χ2v) is 5.87. The molecule has 3 aromatic rings. The maximum Gasteiger partial charge on any atom is 0.265 e. The van der Waals surface area contributed by atoms with E-state index in [1.165, 1.54) is 11.0 Å². The van der Waals surface area contributed by atoms with Crippen LogP contribution in [-0.4, -0.2) is 18.5 Å². The first-order valence-electron chi connectivity index (χ1n) is 8.47. The Balaban J connectivity index is 1.88. The maximum absolute atomic E-state index is 12.9. The van der Waals surface area contributed by atoms with Crippen LogP contribution >= 0.6 is 0 Å². The minimum Gasteiger partial charge on any atom is -0.545 e. The summed E-state index contributed by atoms with van der Waals surface area (Å²) in [5, 5.41) is 11.5. The van der Waals surface area contributed by atoms with Gasteiger partial charge in [0.25, 0.3) is 5.91 Å².